The summed E-state index contributed by atoms with van der Waals surface area (Å²) in [6.07, 6.45) is 0. The van der Waals surface area contributed by atoms with Crippen molar-refractivity contribution in [3.63, 3.8) is 0 Å². The summed E-state index contributed by atoms with van der Waals surface area (Å²) >= 11 is 0. The van der Waals surface area contributed by atoms with Gasteiger partial charge in [0, 0.05) is 38.8 Å². The van der Waals surface area contributed by atoms with Crippen LogP contribution in [0.3, 0.4) is 0 Å². The van der Waals surface area contributed by atoms with Crippen LogP contribution in [0.1, 0.15) is 0 Å². The molecular formula is C63H42N4. The fourth-order valence-corrected chi connectivity index (χ4v) is 9.26. The lowest BCUT2D eigenvalue weighted by molar-refractivity contribution is 0.979. The second-order valence-electron chi connectivity index (χ2n) is 16.8. The third-order valence-electron chi connectivity index (χ3n) is 12.6. The van der Waals surface area contributed by atoms with Gasteiger partial charge in [0.05, 0.1) is 22.6 Å². The van der Waals surface area contributed by atoms with Crippen LogP contribution in [0.2, 0.25) is 0 Å². The second-order valence-corrected chi connectivity index (χ2v) is 16.8. The zero-order chi connectivity index (χ0) is 44.5. The highest BCUT2D eigenvalue weighted by Crippen LogP contribution is 2.42. The molecule has 67 heavy (non-hydrogen) atoms. The first-order valence-corrected chi connectivity index (χ1v) is 22.7. The Labute approximate surface area is 389 Å². The van der Waals surface area contributed by atoms with E-state index in [0.717, 1.165) is 100 Å². The van der Waals surface area contributed by atoms with Gasteiger partial charge >= 0.3 is 0 Å². The first kappa shape index (κ1) is 39.6. The predicted octanol–water partition coefficient (Wildman–Crippen LogP) is 16.3. The molecule has 0 saturated carbocycles. The van der Waals surface area contributed by atoms with Crippen molar-refractivity contribution >= 4 is 16.3 Å². The summed E-state index contributed by atoms with van der Waals surface area (Å²) in [4.78, 5) is 10.6. The maximum atomic E-state index is 5.41. The van der Waals surface area contributed by atoms with Crippen LogP contribution in [-0.2, 0) is 0 Å². The fraction of sp³-hybridized carbons (Fsp3) is 0. The van der Waals surface area contributed by atoms with E-state index >= 15 is 0 Å². The maximum Gasteiger partial charge on any atom is 0.160 e. The molecule has 0 radical (unpaired) electrons. The number of pyridine rings is 1. The Morgan fingerprint density at radius 2 is 0.701 bits per heavy atom. The van der Waals surface area contributed by atoms with Gasteiger partial charge in [0.1, 0.15) is 5.69 Å². The van der Waals surface area contributed by atoms with E-state index in [9.17, 15) is 0 Å². The third-order valence-corrected chi connectivity index (χ3v) is 12.6. The highest BCUT2D eigenvalue weighted by molar-refractivity contribution is 6.09. The summed E-state index contributed by atoms with van der Waals surface area (Å²) in [5, 5.41) is 7.67. The van der Waals surface area contributed by atoms with Crippen LogP contribution in [0, 0.1) is 0 Å². The quantitative estimate of drug-likeness (QED) is 0.145. The first-order valence-electron chi connectivity index (χ1n) is 22.7. The molecule has 3 heterocycles. The van der Waals surface area contributed by atoms with Gasteiger partial charge in [-0.2, -0.15) is 5.10 Å². The van der Waals surface area contributed by atoms with Crippen molar-refractivity contribution in [2.75, 3.05) is 0 Å². The molecule has 0 atom stereocenters. The van der Waals surface area contributed by atoms with Crippen LogP contribution in [0.4, 0.5) is 0 Å². The molecule has 12 aromatic rings. The van der Waals surface area contributed by atoms with Crippen LogP contribution in [0.5, 0.6) is 0 Å². The smallest absolute Gasteiger partial charge is 0.160 e. The molecule has 0 bridgehead atoms. The summed E-state index contributed by atoms with van der Waals surface area (Å²) in [7, 11) is 0. The molecule has 0 saturated heterocycles. The van der Waals surface area contributed by atoms with E-state index in [0.29, 0.717) is 5.82 Å². The SMILES string of the molecule is c1ccc(-c2ccc(-c3cc(-c4ccc(-c5ccccc5)cc4)nc(-c4cccc(-c5ccc6c(c5)cc(-c5ccccc5)n5nc(-c7ccccc7)c(-c7ccccc7)c65)c4)n3)cc2)cc1. The van der Waals surface area contributed by atoms with Crippen molar-refractivity contribution < 1.29 is 0 Å². The Balaban J connectivity index is 0.994. The van der Waals surface area contributed by atoms with Gasteiger partial charge in [0.15, 0.2) is 5.82 Å². The van der Waals surface area contributed by atoms with E-state index in [4.69, 9.17) is 15.1 Å². The van der Waals surface area contributed by atoms with Gasteiger partial charge < -0.3 is 0 Å². The van der Waals surface area contributed by atoms with E-state index in [1.165, 1.54) is 11.1 Å². The molecule has 0 aliphatic rings. The van der Waals surface area contributed by atoms with Crippen LogP contribution < -0.4 is 0 Å². The van der Waals surface area contributed by atoms with E-state index in [2.05, 4.69) is 247 Å². The van der Waals surface area contributed by atoms with Gasteiger partial charge in [-0.15, -0.1) is 0 Å². The fourth-order valence-electron chi connectivity index (χ4n) is 9.26. The Morgan fingerprint density at radius 1 is 0.284 bits per heavy atom. The summed E-state index contributed by atoms with van der Waals surface area (Å²) in [5.41, 5.74) is 19.1. The van der Waals surface area contributed by atoms with Gasteiger partial charge in [-0.25, -0.2) is 14.5 Å². The number of rotatable bonds is 9. The lowest BCUT2D eigenvalue weighted by Gasteiger charge is -2.13. The topological polar surface area (TPSA) is 43.1 Å². The van der Waals surface area contributed by atoms with Crippen LogP contribution in [0.25, 0.3) is 117 Å². The average Bonchev–Trinajstić information content (AvgIpc) is 3.83. The number of aromatic nitrogens is 4. The molecule has 0 spiro atoms. The zero-order valence-electron chi connectivity index (χ0n) is 36.5. The van der Waals surface area contributed by atoms with Crippen molar-refractivity contribution in [1.82, 2.24) is 19.6 Å². The van der Waals surface area contributed by atoms with Crippen LogP contribution >= 0.6 is 0 Å². The van der Waals surface area contributed by atoms with Crippen LogP contribution in [-0.4, -0.2) is 19.6 Å². The lowest BCUT2D eigenvalue weighted by Crippen LogP contribution is -1.97. The van der Waals surface area contributed by atoms with Gasteiger partial charge in [0.25, 0.3) is 0 Å². The first-order chi connectivity index (χ1) is 33.2. The minimum absolute atomic E-state index is 0.669. The second kappa shape index (κ2) is 17.2. The Bertz CT molecular complexity index is 3580. The zero-order valence-corrected chi connectivity index (χ0v) is 36.5. The minimum atomic E-state index is 0.669. The molecule has 3 aromatic heterocycles. The molecule has 0 aliphatic heterocycles. The van der Waals surface area contributed by atoms with Crippen molar-refractivity contribution in [3.05, 3.63) is 255 Å². The number of hydrogen-bond acceptors (Lipinski definition) is 3. The van der Waals surface area contributed by atoms with Gasteiger partial charge in [0.2, 0.25) is 0 Å². The van der Waals surface area contributed by atoms with Crippen molar-refractivity contribution in [1.29, 1.82) is 0 Å². The molecular weight excluding hydrogens is 813 g/mol. The largest absolute Gasteiger partial charge is 0.231 e. The summed E-state index contributed by atoms with van der Waals surface area (Å²) in [6.45, 7) is 0. The van der Waals surface area contributed by atoms with E-state index in [1.54, 1.807) is 0 Å². The van der Waals surface area contributed by atoms with Crippen LogP contribution in [0.15, 0.2) is 255 Å². The van der Waals surface area contributed by atoms with Crippen molar-refractivity contribution in [2.24, 2.45) is 0 Å². The maximum absolute atomic E-state index is 5.41. The van der Waals surface area contributed by atoms with Gasteiger partial charge in [-0.3, -0.25) is 0 Å². The van der Waals surface area contributed by atoms with E-state index < -0.39 is 0 Å². The summed E-state index contributed by atoms with van der Waals surface area (Å²) < 4.78 is 2.15. The highest BCUT2D eigenvalue weighted by atomic mass is 15.2. The molecule has 314 valence electrons. The predicted molar refractivity (Wildman–Crippen MR) is 277 cm³/mol. The Hall–Kier alpha value is -8.99. The van der Waals surface area contributed by atoms with Crippen molar-refractivity contribution in [3.8, 4) is 101 Å². The highest BCUT2D eigenvalue weighted by Gasteiger charge is 2.22. The molecule has 0 N–H and O–H groups in total. The Kier molecular flexibility index (Phi) is 10.2. The number of fused-ring (bicyclic) bond motifs is 3. The standard InChI is InChI=1S/C63H42N4/c1-6-17-43(18-7-1)45-29-33-47(34-30-45)57-42-58(48-35-31-46(32-36-48)44-19-8-2-9-20-44)65-63(64-57)54-28-16-27-52(39-54)53-37-38-56-55(40-53)41-59(49-21-10-3-11-22-49)67-62(56)60(50-23-12-4-13-24-50)61(66-67)51-25-14-5-15-26-51/h1-42H. The molecule has 12 rings (SSSR count). The molecule has 0 aliphatic carbocycles. The lowest BCUT2D eigenvalue weighted by atomic mass is 9.95. The molecule has 4 nitrogen and oxygen atoms in total. The molecule has 9 aromatic carbocycles. The molecule has 0 unspecified atom stereocenters. The van der Waals surface area contributed by atoms with Crippen molar-refractivity contribution in [2.45, 2.75) is 0 Å². The monoisotopic (exact) mass is 854 g/mol. The number of hydrogen-bond donors (Lipinski definition) is 0. The number of nitrogens with zero attached hydrogens (tertiary/aromatic N) is 4. The van der Waals surface area contributed by atoms with E-state index in [1.807, 2.05) is 12.1 Å². The summed E-state index contributed by atoms with van der Waals surface area (Å²) in [6, 6.07) is 89.9. The molecule has 4 heteroatoms. The van der Waals surface area contributed by atoms with Gasteiger partial charge in [-0.1, -0.05) is 231 Å². The minimum Gasteiger partial charge on any atom is -0.231 e. The third kappa shape index (κ3) is 7.67. The number of benzene rings is 9. The molecule has 0 fully saturated rings. The molecule has 0 amide bonds. The van der Waals surface area contributed by atoms with Gasteiger partial charge in [-0.05, 0) is 68.6 Å². The van der Waals surface area contributed by atoms with E-state index in [-0.39, 0.29) is 0 Å². The normalized spacial score (nSPS) is 11.3. The Morgan fingerprint density at radius 3 is 1.25 bits per heavy atom. The average molecular weight is 855 g/mol. The summed E-state index contributed by atoms with van der Waals surface area (Å²) in [5.74, 6) is 0.669.